The van der Waals surface area contributed by atoms with Gasteiger partial charge in [-0.3, -0.25) is 4.79 Å². The van der Waals surface area contributed by atoms with Gasteiger partial charge in [-0.25, -0.2) is 0 Å². The minimum atomic E-state index is -0.0336. The minimum absolute atomic E-state index is 0.00706. The molecule has 1 heterocycles. The number of ether oxygens (including phenoxy) is 1. The summed E-state index contributed by atoms with van der Waals surface area (Å²) in [5.41, 5.74) is 5.63. The summed E-state index contributed by atoms with van der Waals surface area (Å²) in [6.45, 7) is 11.7. The van der Waals surface area contributed by atoms with Crippen molar-refractivity contribution < 1.29 is 9.53 Å². The SMILES string of the molecule is CC1OC(C)C(C(=O)NCC(C)(C)CCN)C1C. The van der Waals surface area contributed by atoms with Crippen LogP contribution in [0.2, 0.25) is 0 Å². The van der Waals surface area contributed by atoms with E-state index in [9.17, 15) is 4.79 Å². The van der Waals surface area contributed by atoms with Crippen LogP contribution in [0.15, 0.2) is 0 Å². The highest BCUT2D eigenvalue weighted by Gasteiger charge is 2.41. The van der Waals surface area contributed by atoms with Crippen molar-refractivity contribution in [1.82, 2.24) is 5.32 Å². The standard InChI is InChI=1S/C14H28N2O2/c1-9-10(2)18-11(3)12(9)13(17)16-8-14(4,5)6-7-15/h9-12H,6-8,15H2,1-5H3,(H,16,17). The fourth-order valence-electron chi connectivity index (χ4n) is 2.64. The van der Waals surface area contributed by atoms with Gasteiger partial charge in [-0.1, -0.05) is 20.8 Å². The van der Waals surface area contributed by atoms with Crippen LogP contribution in [-0.4, -0.2) is 31.2 Å². The summed E-state index contributed by atoms with van der Waals surface area (Å²) < 4.78 is 5.71. The highest BCUT2D eigenvalue weighted by Crippen LogP contribution is 2.32. The molecule has 0 aliphatic carbocycles. The van der Waals surface area contributed by atoms with Gasteiger partial charge in [0, 0.05) is 6.54 Å². The topological polar surface area (TPSA) is 64.3 Å². The number of hydrogen-bond donors (Lipinski definition) is 2. The molecule has 1 saturated heterocycles. The maximum absolute atomic E-state index is 12.2. The van der Waals surface area contributed by atoms with Crippen LogP contribution in [-0.2, 0) is 9.53 Å². The van der Waals surface area contributed by atoms with Gasteiger partial charge < -0.3 is 15.8 Å². The van der Waals surface area contributed by atoms with Gasteiger partial charge in [-0.15, -0.1) is 0 Å². The first kappa shape index (κ1) is 15.4. The van der Waals surface area contributed by atoms with Gasteiger partial charge in [-0.05, 0) is 38.1 Å². The van der Waals surface area contributed by atoms with E-state index in [4.69, 9.17) is 10.5 Å². The third-order valence-corrected chi connectivity index (χ3v) is 4.11. The summed E-state index contributed by atoms with van der Waals surface area (Å²) in [6.07, 6.45) is 1.08. The van der Waals surface area contributed by atoms with Crippen molar-refractivity contribution in [1.29, 1.82) is 0 Å². The molecule has 4 nitrogen and oxygen atoms in total. The highest BCUT2D eigenvalue weighted by molar-refractivity contribution is 5.79. The van der Waals surface area contributed by atoms with E-state index in [1.165, 1.54) is 0 Å². The minimum Gasteiger partial charge on any atom is -0.374 e. The molecular weight excluding hydrogens is 228 g/mol. The van der Waals surface area contributed by atoms with Crippen molar-refractivity contribution in [3.8, 4) is 0 Å². The van der Waals surface area contributed by atoms with E-state index in [0.29, 0.717) is 13.1 Å². The molecule has 0 saturated carbocycles. The third-order valence-electron chi connectivity index (χ3n) is 4.11. The molecule has 4 heteroatoms. The molecule has 1 rings (SSSR count). The Balaban J connectivity index is 2.51. The van der Waals surface area contributed by atoms with Gasteiger partial charge in [0.2, 0.25) is 5.91 Å². The van der Waals surface area contributed by atoms with Crippen molar-refractivity contribution in [2.24, 2.45) is 23.0 Å². The van der Waals surface area contributed by atoms with E-state index in [1.54, 1.807) is 0 Å². The predicted molar refractivity (Wildman–Crippen MR) is 73.1 cm³/mol. The normalized spacial score (nSPS) is 32.6. The molecule has 4 unspecified atom stereocenters. The zero-order chi connectivity index (χ0) is 13.9. The molecule has 18 heavy (non-hydrogen) atoms. The summed E-state index contributed by atoms with van der Waals surface area (Å²) in [4.78, 5) is 12.2. The van der Waals surface area contributed by atoms with Crippen molar-refractivity contribution in [2.45, 2.75) is 53.2 Å². The van der Waals surface area contributed by atoms with Crippen LogP contribution in [0.3, 0.4) is 0 Å². The molecule has 1 fully saturated rings. The Bertz CT molecular complexity index is 292. The monoisotopic (exact) mass is 256 g/mol. The number of rotatable bonds is 5. The third kappa shape index (κ3) is 3.69. The van der Waals surface area contributed by atoms with Crippen molar-refractivity contribution >= 4 is 5.91 Å². The lowest BCUT2D eigenvalue weighted by atomic mass is 9.86. The van der Waals surface area contributed by atoms with E-state index in [0.717, 1.165) is 6.42 Å². The maximum atomic E-state index is 12.2. The molecule has 0 aromatic rings. The van der Waals surface area contributed by atoms with Gasteiger partial charge >= 0.3 is 0 Å². The summed E-state index contributed by atoms with van der Waals surface area (Å²) in [7, 11) is 0. The number of nitrogens with one attached hydrogen (secondary N) is 1. The van der Waals surface area contributed by atoms with Gasteiger partial charge in [0.15, 0.2) is 0 Å². The first-order valence-electron chi connectivity index (χ1n) is 6.92. The number of hydrogen-bond acceptors (Lipinski definition) is 3. The fourth-order valence-corrected chi connectivity index (χ4v) is 2.64. The molecular formula is C14H28N2O2. The number of nitrogens with two attached hydrogens (primary N) is 1. The second-order valence-corrected chi connectivity index (χ2v) is 6.35. The van der Waals surface area contributed by atoms with Crippen LogP contribution < -0.4 is 11.1 Å². The zero-order valence-electron chi connectivity index (χ0n) is 12.3. The average molecular weight is 256 g/mol. The Labute approximate surface area is 111 Å². The van der Waals surface area contributed by atoms with E-state index < -0.39 is 0 Å². The smallest absolute Gasteiger partial charge is 0.226 e. The second-order valence-electron chi connectivity index (χ2n) is 6.35. The molecule has 4 atom stereocenters. The quantitative estimate of drug-likeness (QED) is 0.784. The summed E-state index contributed by atoms with van der Waals surface area (Å²) >= 11 is 0. The van der Waals surface area contributed by atoms with E-state index in [2.05, 4.69) is 26.1 Å². The lowest BCUT2D eigenvalue weighted by molar-refractivity contribution is -0.127. The van der Waals surface area contributed by atoms with Crippen LogP contribution in [0.4, 0.5) is 0 Å². The molecule has 3 N–H and O–H groups in total. The Morgan fingerprint density at radius 1 is 1.28 bits per heavy atom. The van der Waals surface area contributed by atoms with E-state index in [-0.39, 0.29) is 35.4 Å². The number of amides is 1. The molecule has 0 spiro atoms. The molecule has 1 aliphatic rings. The first-order chi connectivity index (χ1) is 8.28. The molecule has 0 aromatic heterocycles. The Morgan fingerprint density at radius 3 is 2.33 bits per heavy atom. The van der Waals surface area contributed by atoms with Crippen molar-refractivity contribution in [3.63, 3.8) is 0 Å². The van der Waals surface area contributed by atoms with Crippen LogP contribution >= 0.6 is 0 Å². The van der Waals surface area contributed by atoms with Crippen LogP contribution in [0, 0.1) is 17.3 Å². The largest absolute Gasteiger partial charge is 0.374 e. The Hall–Kier alpha value is -0.610. The molecule has 0 bridgehead atoms. The summed E-state index contributed by atoms with van der Waals surface area (Å²) in [6, 6.07) is 0. The zero-order valence-corrected chi connectivity index (χ0v) is 12.3. The van der Waals surface area contributed by atoms with Crippen LogP contribution in [0.5, 0.6) is 0 Å². The first-order valence-corrected chi connectivity index (χ1v) is 6.92. The Kier molecular flexibility index (Phi) is 5.17. The predicted octanol–water partition coefficient (Wildman–Crippen LogP) is 1.54. The van der Waals surface area contributed by atoms with Crippen LogP contribution in [0.25, 0.3) is 0 Å². The van der Waals surface area contributed by atoms with Gasteiger partial charge in [0.1, 0.15) is 0 Å². The fraction of sp³-hybridized carbons (Fsp3) is 0.929. The second kappa shape index (κ2) is 6.02. The summed E-state index contributed by atoms with van der Waals surface area (Å²) in [5, 5.41) is 3.06. The molecule has 1 amide bonds. The lowest BCUT2D eigenvalue weighted by Gasteiger charge is -2.26. The van der Waals surface area contributed by atoms with Crippen molar-refractivity contribution in [3.05, 3.63) is 0 Å². The number of carbonyl (C=O) groups excluding carboxylic acids is 1. The van der Waals surface area contributed by atoms with Crippen LogP contribution in [0.1, 0.15) is 41.0 Å². The van der Waals surface area contributed by atoms with E-state index >= 15 is 0 Å². The highest BCUT2D eigenvalue weighted by atomic mass is 16.5. The average Bonchev–Trinajstić information content (AvgIpc) is 2.50. The molecule has 1 aliphatic heterocycles. The maximum Gasteiger partial charge on any atom is 0.226 e. The molecule has 0 radical (unpaired) electrons. The summed E-state index contributed by atoms with van der Waals surface area (Å²) in [5.74, 6) is 0.357. The van der Waals surface area contributed by atoms with Gasteiger partial charge in [0.05, 0.1) is 18.1 Å². The lowest BCUT2D eigenvalue weighted by Crippen LogP contribution is -2.42. The number of carbonyl (C=O) groups is 1. The van der Waals surface area contributed by atoms with Crippen molar-refractivity contribution in [2.75, 3.05) is 13.1 Å². The van der Waals surface area contributed by atoms with E-state index in [1.807, 2.05) is 13.8 Å². The Morgan fingerprint density at radius 2 is 1.89 bits per heavy atom. The molecule has 0 aromatic carbocycles. The van der Waals surface area contributed by atoms with Gasteiger partial charge in [-0.2, -0.15) is 0 Å². The molecule has 106 valence electrons. The van der Waals surface area contributed by atoms with Gasteiger partial charge in [0.25, 0.3) is 0 Å².